The van der Waals surface area contributed by atoms with Gasteiger partial charge in [-0.05, 0) is 37.6 Å². The van der Waals surface area contributed by atoms with Gasteiger partial charge in [-0.1, -0.05) is 19.9 Å². The van der Waals surface area contributed by atoms with Crippen molar-refractivity contribution < 1.29 is 14.3 Å². The maximum absolute atomic E-state index is 12.2. The minimum atomic E-state index is -0.852. The third-order valence-corrected chi connectivity index (χ3v) is 4.26. The van der Waals surface area contributed by atoms with E-state index in [-0.39, 0.29) is 18.4 Å². The van der Waals surface area contributed by atoms with Gasteiger partial charge in [-0.15, -0.1) is 0 Å². The fourth-order valence-electron chi connectivity index (χ4n) is 2.43. The van der Waals surface area contributed by atoms with Gasteiger partial charge >= 0.3 is 0 Å². The minimum Gasteiger partial charge on any atom is -0.486 e. The molecular weight excluding hydrogens is 306 g/mol. The molecule has 1 amide bonds. The Kier molecular flexibility index (Phi) is 5.68. The fraction of sp³-hybridized carbons (Fsp3) is 0.556. The molecule has 0 unspecified atom stereocenters. The van der Waals surface area contributed by atoms with Crippen molar-refractivity contribution in [3.05, 3.63) is 23.8 Å². The zero-order valence-electron chi connectivity index (χ0n) is 14.8. The van der Waals surface area contributed by atoms with E-state index < -0.39 is 5.54 Å². The number of nitrogens with zero attached hydrogens (tertiary/aromatic N) is 2. The van der Waals surface area contributed by atoms with Crippen LogP contribution in [0.1, 0.15) is 26.3 Å². The van der Waals surface area contributed by atoms with Crippen molar-refractivity contribution in [3.63, 3.8) is 0 Å². The number of amides is 1. The first kappa shape index (κ1) is 18.1. The number of hydrogen-bond acceptors (Lipinski definition) is 5. The van der Waals surface area contributed by atoms with Crippen LogP contribution in [0.3, 0.4) is 0 Å². The van der Waals surface area contributed by atoms with E-state index in [9.17, 15) is 10.1 Å². The van der Waals surface area contributed by atoms with Crippen LogP contribution in [0.2, 0.25) is 0 Å². The first-order chi connectivity index (χ1) is 11.3. The molecule has 24 heavy (non-hydrogen) atoms. The van der Waals surface area contributed by atoms with Crippen molar-refractivity contribution in [3.8, 4) is 17.6 Å². The molecule has 0 aromatic heterocycles. The van der Waals surface area contributed by atoms with Crippen molar-refractivity contribution >= 4 is 5.91 Å². The monoisotopic (exact) mass is 331 g/mol. The van der Waals surface area contributed by atoms with Crippen LogP contribution >= 0.6 is 0 Å². The summed E-state index contributed by atoms with van der Waals surface area (Å²) in [6.45, 7) is 7.53. The molecule has 1 aliphatic rings. The van der Waals surface area contributed by atoms with E-state index in [1.165, 1.54) is 0 Å². The Morgan fingerprint density at radius 2 is 2.04 bits per heavy atom. The van der Waals surface area contributed by atoms with E-state index in [2.05, 4.69) is 11.4 Å². The molecule has 1 N–H and O–H groups in total. The van der Waals surface area contributed by atoms with Crippen LogP contribution in [-0.2, 0) is 11.3 Å². The van der Waals surface area contributed by atoms with Gasteiger partial charge in [0.25, 0.3) is 0 Å². The summed E-state index contributed by atoms with van der Waals surface area (Å²) in [6, 6.07) is 7.99. The van der Waals surface area contributed by atoms with E-state index in [1.54, 1.807) is 6.92 Å². The number of ether oxygens (including phenoxy) is 2. The molecule has 0 spiro atoms. The van der Waals surface area contributed by atoms with E-state index in [0.717, 1.165) is 17.1 Å². The highest BCUT2D eigenvalue weighted by Gasteiger charge is 2.30. The quantitative estimate of drug-likeness (QED) is 0.862. The summed E-state index contributed by atoms with van der Waals surface area (Å²) in [5, 5.41) is 12.1. The molecular formula is C18H25N3O3. The zero-order chi connectivity index (χ0) is 17.7. The number of benzene rings is 1. The highest BCUT2D eigenvalue weighted by atomic mass is 16.6. The second-order valence-corrected chi connectivity index (χ2v) is 6.67. The number of rotatable bonds is 6. The molecule has 6 nitrogen and oxygen atoms in total. The van der Waals surface area contributed by atoms with E-state index in [1.807, 2.05) is 44.0 Å². The predicted molar refractivity (Wildman–Crippen MR) is 90.8 cm³/mol. The average Bonchev–Trinajstić information content (AvgIpc) is 2.54. The highest BCUT2D eigenvalue weighted by Crippen LogP contribution is 2.31. The summed E-state index contributed by atoms with van der Waals surface area (Å²) in [5.41, 5.74) is 0.191. The summed E-state index contributed by atoms with van der Waals surface area (Å²) in [7, 11) is 1.87. The zero-order valence-corrected chi connectivity index (χ0v) is 14.8. The molecule has 130 valence electrons. The van der Waals surface area contributed by atoms with Gasteiger partial charge in [0.1, 0.15) is 18.8 Å². The molecule has 2 rings (SSSR count). The second kappa shape index (κ2) is 7.54. The van der Waals surface area contributed by atoms with Crippen LogP contribution in [0.15, 0.2) is 18.2 Å². The lowest BCUT2D eigenvalue weighted by atomic mass is 9.90. The molecule has 0 saturated heterocycles. The van der Waals surface area contributed by atoms with Crippen LogP contribution in [0.25, 0.3) is 0 Å². The number of carbonyl (C=O) groups is 1. The molecule has 0 aliphatic carbocycles. The summed E-state index contributed by atoms with van der Waals surface area (Å²) >= 11 is 0. The fourth-order valence-corrected chi connectivity index (χ4v) is 2.43. The number of hydrogen-bond donors (Lipinski definition) is 1. The number of likely N-dealkylation sites (N-methyl/N-ethyl adjacent to an activating group) is 1. The van der Waals surface area contributed by atoms with Gasteiger partial charge in [-0.2, -0.15) is 5.26 Å². The van der Waals surface area contributed by atoms with Crippen LogP contribution in [0.5, 0.6) is 11.5 Å². The Morgan fingerprint density at radius 3 is 2.67 bits per heavy atom. The van der Waals surface area contributed by atoms with Gasteiger partial charge in [-0.3, -0.25) is 9.69 Å². The van der Waals surface area contributed by atoms with Gasteiger partial charge in [0, 0.05) is 6.54 Å². The van der Waals surface area contributed by atoms with Gasteiger partial charge in [0.15, 0.2) is 11.5 Å². The largest absolute Gasteiger partial charge is 0.486 e. The Balaban J connectivity index is 1.92. The molecule has 0 fully saturated rings. The Bertz CT molecular complexity index is 639. The Labute approximate surface area is 143 Å². The number of fused-ring (bicyclic) bond motifs is 1. The molecule has 1 aromatic carbocycles. The van der Waals surface area contributed by atoms with Gasteiger partial charge in [0.2, 0.25) is 5.91 Å². The van der Waals surface area contributed by atoms with Crippen molar-refractivity contribution in [2.45, 2.75) is 32.9 Å². The average molecular weight is 331 g/mol. The lowest BCUT2D eigenvalue weighted by Crippen LogP contribution is -2.51. The first-order valence-corrected chi connectivity index (χ1v) is 8.13. The third-order valence-electron chi connectivity index (χ3n) is 4.26. The third kappa shape index (κ3) is 4.39. The highest BCUT2D eigenvalue weighted by molar-refractivity contribution is 5.79. The van der Waals surface area contributed by atoms with E-state index in [0.29, 0.717) is 19.8 Å². The second-order valence-electron chi connectivity index (χ2n) is 6.67. The van der Waals surface area contributed by atoms with Crippen LogP contribution in [0.4, 0.5) is 0 Å². The van der Waals surface area contributed by atoms with Crippen LogP contribution < -0.4 is 14.8 Å². The molecule has 0 bridgehead atoms. The minimum absolute atomic E-state index is 0.0366. The lowest BCUT2D eigenvalue weighted by molar-refractivity contribution is -0.123. The van der Waals surface area contributed by atoms with E-state index >= 15 is 0 Å². The molecule has 1 aliphatic heterocycles. The van der Waals surface area contributed by atoms with Crippen molar-refractivity contribution in [1.29, 1.82) is 5.26 Å². The van der Waals surface area contributed by atoms with Crippen LogP contribution in [0, 0.1) is 17.2 Å². The maximum atomic E-state index is 12.2. The van der Waals surface area contributed by atoms with Crippen LogP contribution in [-0.4, -0.2) is 43.2 Å². The van der Waals surface area contributed by atoms with E-state index in [4.69, 9.17) is 9.47 Å². The predicted octanol–water partition coefficient (Wildman–Crippen LogP) is 1.94. The molecule has 0 radical (unpaired) electrons. The summed E-state index contributed by atoms with van der Waals surface area (Å²) in [6.07, 6.45) is 0. The van der Waals surface area contributed by atoms with Crippen molar-refractivity contribution in [2.75, 3.05) is 26.8 Å². The maximum Gasteiger partial charge on any atom is 0.235 e. The summed E-state index contributed by atoms with van der Waals surface area (Å²) in [5.74, 6) is 1.38. The molecule has 1 aromatic rings. The lowest BCUT2D eigenvalue weighted by Gasteiger charge is -2.28. The molecule has 0 saturated carbocycles. The first-order valence-electron chi connectivity index (χ1n) is 8.13. The standard InChI is InChI=1S/C18H25N3O3/c1-13(2)18(3,12-19)20-17(22)11-21(4)10-14-5-6-15-16(9-14)24-8-7-23-15/h5-6,9,13H,7-8,10-11H2,1-4H3,(H,20,22)/t18-/m1/s1. The van der Waals surface area contributed by atoms with Crippen molar-refractivity contribution in [1.82, 2.24) is 10.2 Å². The molecule has 1 atom stereocenters. The molecule has 1 heterocycles. The van der Waals surface area contributed by atoms with Crippen molar-refractivity contribution in [2.24, 2.45) is 5.92 Å². The number of nitriles is 1. The Hall–Kier alpha value is -2.26. The summed E-state index contributed by atoms with van der Waals surface area (Å²) in [4.78, 5) is 14.1. The van der Waals surface area contributed by atoms with Gasteiger partial charge in [0.05, 0.1) is 12.6 Å². The SMILES string of the molecule is CC(C)[C@@](C)(C#N)NC(=O)CN(C)Cc1ccc2c(c1)OCCO2. The Morgan fingerprint density at radius 1 is 1.38 bits per heavy atom. The van der Waals surface area contributed by atoms with Gasteiger partial charge < -0.3 is 14.8 Å². The number of nitrogens with one attached hydrogen (secondary N) is 1. The van der Waals surface area contributed by atoms with Gasteiger partial charge in [-0.25, -0.2) is 0 Å². The number of carbonyl (C=O) groups excluding carboxylic acids is 1. The normalized spacial score (nSPS) is 15.7. The smallest absolute Gasteiger partial charge is 0.235 e. The topological polar surface area (TPSA) is 74.6 Å². The molecule has 6 heteroatoms. The summed E-state index contributed by atoms with van der Waals surface area (Å²) < 4.78 is 11.1.